The topological polar surface area (TPSA) is 81.8 Å². The maximum absolute atomic E-state index is 5.90. The SMILES string of the molecule is COc1cccc(C=NNc2nc(N)cs2)c1OCCC(C)C. The van der Waals surface area contributed by atoms with E-state index in [0.29, 0.717) is 35.0 Å². The van der Waals surface area contributed by atoms with Crippen LogP contribution < -0.4 is 20.6 Å². The average molecular weight is 334 g/mol. The standard InChI is InChI=1S/C16H22N4O2S/c1-11(2)7-8-22-15-12(5-4-6-13(15)21-3)9-18-20-16-19-14(17)10-23-16/h4-6,9-11H,7-8,17H2,1-3H3,(H,19,20). The Balaban J connectivity index is 2.09. The molecular formula is C16H22N4O2S. The number of hydrogen-bond acceptors (Lipinski definition) is 7. The lowest BCUT2D eigenvalue weighted by Crippen LogP contribution is -2.05. The van der Waals surface area contributed by atoms with Gasteiger partial charge in [0.2, 0.25) is 5.13 Å². The molecule has 0 spiro atoms. The van der Waals surface area contributed by atoms with Crippen molar-refractivity contribution in [3.63, 3.8) is 0 Å². The van der Waals surface area contributed by atoms with Gasteiger partial charge in [-0.1, -0.05) is 19.9 Å². The molecule has 0 amide bonds. The molecule has 0 aliphatic carbocycles. The minimum absolute atomic E-state index is 0.479. The van der Waals surface area contributed by atoms with Crippen molar-refractivity contribution in [2.75, 3.05) is 24.9 Å². The molecule has 0 radical (unpaired) electrons. The molecule has 0 fully saturated rings. The quantitative estimate of drug-likeness (QED) is 0.569. The first-order valence-corrected chi connectivity index (χ1v) is 8.28. The molecule has 124 valence electrons. The highest BCUT2D eigenvalue weighted by molar-refractivity contribution is 7.14. The van der Waals surface area contributed by atoms with Crippen molar-refractivity contribution >= 4 is 28.5 Å². The summed E-state index contributed by atoms with van der Waals surface area (Å²) < 4.78 is 11.3. The van der Waals surface area contributed by atoms with Crippen LogP contribution in [0.3, 0.4) is 0 Å². The first-order valence-electron chi connectivity index (χ1n) is 7.40. The Hall–Kier alpha value is -2.28. The van der Waals surface area contributed by atoms with E-state index in [2.05, 4.69) is 29.4 Å². The Bertz CT molecular complexity index is 655. The molecule has 0 aliphatic rings. The second-order valence-corrected chi connectivity index (χ2v) is 6.22. The molecule has 2 aromatic rings. The summed E-state index contributed by atoms with van der Waals surface area (Å²) in [5, 5.41) is 6.58. The third kappa shape index (κ3) is 5.14. The van der Waals surface area contributed by atoms with Crippen LogP contribution in [-0.4, -0.2) is 24.9 Å². The molecule has 1 aromatic carbocycles. The van der Waals surface area contributed by atoms with Crippen LogP contribution in [0.2, 0.25) is 0 Å². The first kappa shape index (κ1) is 17.1. The first-order chi connectivity index (χ1) is 11.1. The normalized spacial score (nSPS) is 11.1. The predicted octanol–water partition coefficient (Wildman–Crippen LogP) is 3.60. The van der Waals surface area contributed by atoms with Crippen LogP contribution >= 0.6 is 11.3 Å². The van der Waals surface area contributed by atoms with Crippen LogP contribution in [0.25, 0.3) is 0 Å². The number of para-hydroxylation sites is 1. The zero-order valence-electron chi connectivity index (χ0n) is 13.6. The van der Waals surface area contributed by atoms with E-state index in [1.54, 1.807) is 18.7 Å². The summed E-state index contributed by atoms with van der Waals surface area (Å²) in [4.78, 5) is 4.08. The number of nitrogen functional groups attached to an aromatic ring is 1. The van der Waals surface area contributed by atoms with Crippen molar-refractivity contribution in [3.05, 3.63) is 29.1 Å². The molecule has 3 N–H and O–H groups in total. The van der Waals surface area contributed by atoms with Gasteiger partial charge in [-0.3, -0.25) is 5.43 Å². The highest BCUT2D eigenvalue weighted by Gasteiger charge is 2.09. The van der Waals surface area contributed by atoms with E-state index >= 15 is 0 Å². The van der Waals surface area contributed by atoms with E-state index in [-0.39, 0.29) is 0 Å². The number of anilines is 2. The van der Waals surface area contributed by atoms with Crippen molar-refractivity contribution in [3.8, 4) is 11.5 Å². The molecule has 0 saturated heterocycles. The minimum atomic E-state index is 0.479. The largest absolute Gasteiger partial charge is 0.493 e. The van der Waals surface area contributed by atoms with Crippen molar-refractivity contribution in [1.82, 2.24) is 4.98 Å². The van der Waals surface area contributed by atoms with E-state index in [1.807, 2.05) is 18.2 Å². The lowest BCUT2D eigenvalue weighted by molar-refractivity contribution is 0.272. The van der Waals surface area contributed by atoms with Gasteiger partial charge in [0.15, 0.2) is 11.5 Å². The fourth-order valence-electron chi connectivity index (χ4n) is 1.84. The van der Waals surface area contributed by atoms with Gasteiger partial charge in [-0.2, -0.15) is 5.10 Å². The monoisotopic (exact) mass is 334 g/mol. The number of aromatic nitrogens is 1. The molecule has 0 bridgehead atoms. The Kier molecular flexibility index (Phi) is 6.22. The fraction of sp³-hybridized carbons (Fsp3) is 0.375. The molecule has 0 unspecified atom stereocenters. The summed E-state index contributed by atoms with van der Waals surface area (Å²) in [5.41, 5.74) is 9.27. The van der Waals surface area contributed by atoms with Crippen LogP contribution in [-0.2, 0) is 0 Å². The van der Waals surface area contributed by atoms with Gasteiger partial charge in [0.25, 0.3) is 0 Å². The van der Waals surface area contributed by atoms with E-state index in [4.69, 9.17) is 15.2 Å². The summed E-state index contributed by atoms with van der Waals surface area (Å²) >= 11 is 1.40. The Morgan fingerprint density at radius 2 is 2.26 bits per heavy atom. The molecule has 0 atom stereocenters. The minimum Gasteiger partial charge on any atom is -0.493 e. The van der Waals surface area contributed by atoms with Crippen LogP contribution in [0, 0.1) is 5.92 Å². The molecule has 1 heterocycles. The maximum Gasteiger partial charge on any atom is 0.205 e. The zero-order valence-corrected chi connectivity index (χ0v) is 14.4. The molecule has 23 heavy (non-hydrogen) atoms. The van der Waals surface area contributed by atoms with Gasteiger partial charge in [-0.15, -0.1) is 11.3 Å². The second-order valence-electron chi connectivity index (χ2n) is 5.36. The summed E-state index contributed by atoms with van der Waals surface area (Å²) in [7, 11) is 1.63. The van der Waals surface area contributed by atoms with Crippen molar-refractivity contribution in [1.29, 1.82) is 0 Å². The number of hydrogen-bond donors (Lipinski definition) is 2. The molecule has 1 aromatic heterocycles. The van der Waals surface area contributed by atoms with Gasteiger partial charge in [0.05, 0.1) is 19.9 Å². The van der Waals surface area contributed by atoms with Crippen LogP contribution in [0.1, 0.15) is 25.8 Å². The van der Waals surface area contributed by atoms with Gasteiger partial charge in [-0.05, 0) is 24.5 Å². The third-order valence-electron chi connectivity index (χ3n) is 3.06. The van der Waals surface area contributed by atoms with Crippen molar-refractivity contribution < 1.29 is 9.47 Å². The van der Waals surface area contributed by atoms with Crippen LogP contribution in [0.5, 0.6) is 11.5 Å². The van der Waals surface area contributed by atoms with Gasteiger partial charge in [0.1, 0.15) is 5.82 Å². The van der Waals surface area contributed by atoms with Gasteiger partial charge < -0.3 is 15.2 Å². The van der Waals surface area contributed by atoms with Crippen LogP contribution in [0.15, 0.2) is 28.7 Å². The molecule has 7 heteroatoms. The molecule has 2 rings (SSSR count). The number of nitrogens with two attached hydrogens (primary N) is 1. The third-order valence-corrected chi connectivity index (χ3v) is 3.82. The number of nitrogens with zero attached hydrogens (tertiary/aromatic N) is 2. The lowest BCUT2D eigenvalue weighted by atomic mass is 10.1. The van der Waals surface area contributed by atoms with Crippen molar-refractivity contribution in [2.45, 2.75) is 20.3 Å². The number of hydrazone groups is 1. The molecule has 0 saturated carbocycles. The second kappa shape index (κ2) is 8.38. The molecule has 6 nitrogen and oxygen atoms in total. The van der Waals surface area contributed by atoms with E-state index in [1.165, 1.54) is 11.3 Å². The van der Waals surface area contributed by atoms with Crippen LogP contribution in [0.4, 0.5) is 10.9 Å². The number of benzene rings is 1. The number of rotatable bonds is 8. The van der Waals surface area contributed by atoms with E-state index in [0.717, 1.165) is 12.0 Å². The van der Waals surface area contributed by atoms with E-state index < -0.39 is 0 Å². The predicted molar refractivity (Wildman–Crippen MR) is 95.7 cm³/mol. The van der Waals surface area contributed by atoms with Gasteiger partial charge in [0, 0.05) is 10.9 Å². The molecular weight excluding hydrogens is 312 g/mol. The maximum atomic E-state index is 5.90. The van der Waals surface area contributed by atoms with Crippen molar-refractivity contribution in [2.24, 2.45) is 11.0 Å². The summed E-state index contributed by atoms with van der Waals surface area (Å²) in [5.74, 6) is 2.45. The summed E-state index contributed by atoms with van der Waals surface area (Å²) in [6.45, 7) is 4.96. The average Bonchev–Trinajstić information content (AvgIpc) is 2.93. The zero-order chi connectivity index (χ0) is 16.7. The number of thiazole rings is 1. The van der Waals surface area contributed by atoms with Gasteiger partial charge in [-0.25, -0.2) is 4.98 Å². The Morgan fingerprint density at radius 1 is 1.43 bits per heavy atom. The summed E-state index contributed by atoms with van der Waals surface area (Å²) in [6, 6.07) is 5.70. The lowest BCUT2D eigenvalue weighted by Gasteiger charge is -2.14. The highest BCUT2D eigenvalue weighted by Crippen LogP contribution is 2.30. The number of ether oxygens (including phenoxy) is 2. The number of nitrogens with one attached hydrogen (secondary N) is 1. The van der Waals surface area contributed by atoms with E-state index in [9.17, 15) is 0 Å². The number of methoxy groups -OCH3 is 1. The summed E-state index contributed by atoms with van der Waals surface area (Å²) in [6.07, 6.45) is 2.66. The Labute approximate surface area is 140 Å². The van der Waals surface area contributed by atoms with Gasteiger partial charge >= 0.3 is 0 Å². The smallest absolute Gasteiger partial charge is 0.205 e. The molecule has 0 aliphatic heterocycles. The Morgan fingerprint density at radius 3 is 2.91 bits per heavy atom. The highest BCUT2D eigenvalue weighted by atomic mass is 32.1. The fourth-order valence-corrected chi connectivity index (χ4v) is 2.39.